The molecule has 2 heterocycles. The zero-order valence-electron chi connectivity index (χ0n) is 44.5. The molecular weight excluding hydrogens is 993 g/mol. The van der Waals surface area contributed by atoms with Crippen molar-refractivity contribution < 1.29 is 8.83 Å². The van der Waals surface area contributed by atoms with Gasteiger partial charge in [0, 0.05) is 43.8 Å². The minimum atomic E-state index is 0.869. The first-order valence-electron chi connectivity index (χ1n) is 28.2. The van der Waals surface area contributed by atoms with Gasteiger partial charge in [-0.2, -0.15) is 0 Å². The molecule has 0 atom stereocenters. The normalized spacial score (nSPS) is 11.9. The van der Waals surface area contributed by atoms with Crippen molar-refractivity contribution in [2.24, 2.45) is 0 Å². The van der Waals surface area contributed by atoms with Crippen LogP contribution in [0.15, 0.2) is 300 Å². The highest BCUT2D eigenvalue weighted by Gasteiger charge is 2.24. The quantitative estimate of drug-likeness (QED) is 0.149. The van der Waals surface area contributed by atoms with Gasteiger partial charge in [0.1, 0.15) is 22.3 Å². The van der Waals surface area contributed by atoms with E-state index in [1.165, 1.54) is 109 Å². The van der Waals surface area contributed by atoms with Gasteiger partial charge in [0.05, 0.1) is 0 Å². The van der Waals surface area contributed by atoms with Crippen molar-refractivity contribution >= 4 is 97.7 Å². The summed E-state index contributed by atoms with van der Waals surface area (Å²) in [6.45, 7) is 0. The second kappa shape index (κ2) is 18.4. The van der Waals surface area contributed by atoms with E-state index in [4.69, 9.17) is 8.83 Å². The molecule has 0 fully saturated rings. The minimum Gasteiger partial charge on any atom is -0.455 e. The first kappa shape index (κ1) is 46.1. The Kier molecular flexibility index (Phi) is 10.3. The van der Waals surface area contributed by atoms with Crippen molar-refractivity contribution in [1.82, 2.24) is 0 Å². The molecule has 0 N–H and O–H groups in total. The molecule has 17 aromatic rings. The van der Waals surface area contributed by atoms with Crippen LogP contribution in [-0.4, -0.2) is 0 Å². The number of rotatable bonds is 7. The Morgan fingerprint density at radius 2 is 0.573 bits per heavy atom. The van der Waals surface area contributed by atoms with E-state index in [2.05, 4.69) is 285 Å². The predicted octanol–water partition coefficient (Wildman–Crippen LogP) is 22.9. The molecule has 2 heteroatoms. The van der Waals surface area contributed by atoms with Crippen molar-refractivity contribution in [2.45, 2.75) is 0 Å². The van der Waals surface area contributed by atoms with Gasteiger partial charge in [-0.15, -0.1) is 0 Å². The van der Waals surface area contributed by atoms with E-state index in [0.717, 1.165) is 66.1 Å². The third-order valence-corrected chi connectivity index (χ3v) is 17.2. The number of furan rings is 2. The van der Waals surface area contributed by atoms with Crippen LogP contribution in [0.4, 0.5) is 0 Å². The average molecular weight is 1040 g/mol. The summed E-state index contributed by atoms with van der Waals surface area (Å²) in [5, 5.41) is 16.5. The number of benzene rings is 15. The first-order valence-corrected chi connectivity index (χ1v) is 28.2. The van der Waals surface area contributed by atoms with Crippen molar-refractivity contribution in [1.29, 1.82) is 0 Å². The summed E-state index contributed by atoms with van der Waals surface area (Å²) < 4.78 is 13.8. The van der Waals surface area contributed by atoms with Crippen LogP contribution in [0.25, 0.3) is 176 Å². The second-order valence-corrected chi connectivity index (χ2v) is 21.7. The molecule has 0 bridgehead atoms. The SMILES string of the molecule is c1ccc(-c2cccc(-c3c4ccccc4c(-c4cccc5c4oc4cccc(-c6ccc7c(-c8cccc(-c9c%10ccccc%10c(-c%10cccc%11c%10oc%10ccccc%10%11)c%10ccccc9%10)c8)cccc7c6)c45)c4ccccc34)c2)cc1. The molecule has 2 nitrogen and oxygen atoms in total. The van der Waals surface area contributed by atoms with Crippen LogP contribution >= 0.6 is 0 Å². The Morgan fingerprint density at radius 3 is 1.20 bits per heavy atom. The molecule has 0 saturated carbocycles. The summed E-state index contributed by atoms with van der Waals surface area (Å²) in [6.07, 6.45) is 0. The third-order valence-electron chi connectivity index (χ3n) is 17.2. The van der Waals surface area contributed by atoms with Gasteiger partial charge in [-0.05, 0) is 140 Å². The Morgan fingerprint density at radius 1 is 0.183 bits per heavy atom. The summed E-state index contributed by atoms with van der Waals surface area (Å²) in [7, 11) is 0. The van der Waals surface area contributed by atoms with Gasteiger partial charge in [0.25, 0.3) is 0 Å². The van der Waals surface area contributed by atoms with Crippen LogP contribution in [0.5, 0.6) is 0 Å². The molecular formula is C80H48O2. The molecule has 0 saturated heterocycles. The highest BCUT2D eigenvalue weighted by atomic mass is 16.3. The van der Waals surface area contributed by atoms with Gasteiger partial charge in [-0.3, -0.25) is 0 Å². The maximum Gasteiger partial charge on any atom is 0.143 e. The van der Waals surface area contributed by atoms with Gasteiger partial charge in [-0.25, -0.2) is 0 Å². The van der Waals surface area contributed by atoms with Crippen molar-refractivity contribution in [3.05, 3.63) is 291 Å². The molecule has 0 amide bonds. The Balaban J connectivity index is 0.781. The molecule has 82 heavy (non-hydrogen) atoms. The van der Waals surface area contributed by atoms with E-state index in [0.29, 0.717) is 0 Å². The van der Waals surface area contributed by atoms with Gasteiger partial charge < -0.3 is 8.83 Å². The zero-order chi connectivity index (χ0) is 53.8. The summed E-state index contributed by atoms with van der Waals surface area (Å²) in [6, 6.07) is 106. The van der Waals surface area contributed by atoms with E-state index >= 15 is 0 Å². The molecule has 17 rings (SSSR count). The van der Waals surface area contributed by atoms with Crippen LogP contribution in [-0.2, 0) is 0 Å². The smallest absolute Gasteiger partial charge is 0.143 e. The number of para-hydroxylation sites is 3. The van der Waals surface area contributed by atoms with Gasteiger partial charge in [0.2, 0.25) is 0 Å². The summed E-state index contributed by atoms with van der Waals surface area (Å²) in [5.41, 5.74) is 20.0. The topological polar surface area (TPSA) is 26.3 Å². The van der Waals surface area contributed by atoms with Gasteiger partial charge in [0.15, 0.2) is 0 Å². The fourth-order valence-corrected chi connectivity index (χ4v) is 13.7. The molecule has 0 aliphatic heterocycles. The standard InChI is InChI=1S/C80H48O2/c1-2-20-49(21-3-1)50-22-14-25-54(46-50)74-60-28-4-10-34-66(60)77(67-35-11-5-29-61(67)74)70-40-18-41-71-78-58(37-19-43-73(78)82-80(70)71)53-44-45-57-51(47-53)24-16-36-56(57)52-23-15-26-55(48-52)75-62-30-6-8-32-64(62)76(65-33-9-7-31-63(65)75)69-39-17-38-68-59-27-12-13-42-72(59)81-79(68)69/h1-48H. The highest BCUT2D eigenvalue weighted by Crippen LogP contribution is 2.50. The Hall–Kier alpha value is -10.8. The van der Waals surface area contributed by atoms with Crippen molar-refractivity contribution in [2.75, 3.05) is 0 Å². The molecule has 15 aromatic carbocycles. The fourth-order valence-electron chi connectivity index (χ4n) is 13.7. The van der Waals surface area contributed by atoms with E-state index in [-0.39, 0.29) is 0 Å². The van der Waals surface area contributed by atoms with Gasteiger partial charge >= 0.3 is 0 Å². The molecule has 2 aromatic heterocycles. The lowest BCUT2D eigenvalue weighted by Gasteiger charge is -2.18. The van der Waals surface area contributed by atoms with Crippen LogP contribution < -0.4 is 0 Å². The Bertz CT molecular complexity index is 5350. The minimum absolute atomic E-state index is 0.869. The van der Waals surface area contributed by atoms with Crippen molar-refractivity contribution in [3.8, 4) is 77.9 Å². The molecule has 0 radical (unpaired) electrons. The lowest BCUT2D eigenvalue weighted by molar-refractivity contribution is 0.670. The average Bonchev–Trinajstić information content (AvgIpc) is 2.15. The van der Waals surface area contributed by atoms with E-state index in [9.17, 15) is 0 Å². The van der Waals surface area contributed by atoms with Crippen LogP contribution in [0.2, 0.25) is 0 Å². The number of fused-ring (bicyclic) bond motifs is 11. The zero-order valence-corrected chi connectivity index (χ0v) is 44.5. The van der Waals surface area contributed by atoms with E-state index in [1.807, 2.05) is 6.07 Å². The lowest BCUT2D eigenvalue weighted by atomic mass is 9.85. The van der Waals surface area contributed by atoms with E-state index in [1.54, 1.807) is 0 Å². The Labute approximate surface area is 473 Å². The molecule has 0 unspecified atom stereocenters. The maximum atomic E-state index is 7.10. The maximum absolute atomic E-state index is 7.10. The van der Waals surface area contributed by atoms with Crippen LogP contribution in [0, 0.1) is 0 Å². The van der Waals surface area contributed by atoms with Crippen molar-refractivity contribution in [3.63, 3.8) is 0 Å². The number of hydrogen-bond donors (Lipinski definition) is 0. The van der Waals surface area contributed by atoms with Gasteiger partial charge in [-0.1, -0.05) is 261 Å². The third kappa shape index (κ3) is 7.08. The summed E-state index contributed by atoms with van der Waals surface area (Å²) in [5.74, 6) is 0. The fraction of sp³-hybridized carbons (Fsp3) is 0. The largest absolute Gasteiger partial charge is 0.455 e. The molecule has 0 spiro atoms. The van der Waals surface area contributed by atoms with E-state index < -0.39 is 0 Å². The van der Waals surface area contributed by atoms with Crippen LogP contribution in [0.3, 0.4) is 0 Å². The first-order chi connectivity index (χ1) is 40.7. The number of hydrogen-bond acceptors (Lipinski definition) is 2. The molecule has 380 valence electrons. The second-order valence-electron chi connectivity index (χ2n) is 21.7. The lowest BCUT2D eigenvalue weighted by Crippen LogP contribution is -1.91. The predicted molar refractivity (Wildman–Crippen MR) is 347 cm³/mol. The molecule has 0 aliphatic rings. The molecule has 0 aliphatic carbocycles. The monoisotopic (exact) mass is 1040 g/mol. The van der Waals surface area contributed by atoms with Crippen LogP contribution in [0.1, 0.15) is 0 Å². The summed E-state index contributed by atoms with van der Waals surface area (Å²) in [4.78, 5) is 0. The highest BCUT2D eigenvalue weighted by molar-refractivity contribution is 6.27. The summed E-state index contributed by atoms with van der Waals surface area (Å²) >= 11 is 0.